The number of carbonyl (C=O) groups excluding carboxylic acids is 1. The normalized spacial score (nSPS) is 12.0. The van der Waals surface area contributed by atoms with Crippen LogP contribution in [-0.2, 0) is 4.79 Å². The van der Waals surface area contributed by atoms with Crippen molar-refractivity contribution < 1.29 is 14.3 Å². The number of hydrogen-bond acceptors (Lipinski definition) is 7. The number of fused-ring (bicyclic) bond motifs is 1. The second-order valence-corrected chi connectivity index (χ2v) is 8.22. The van der Waals surface area contributed by atoms with E-state index in [0.29, 0.717) is 32.6 Å². The first kappa shape index (κ1) is 21.2. The molecule has 1 aromatic carbocycles. The zero-order valence-electron chi connectivity index (χ0n) is 16.7. The third-order valence-electron chi connectivity index (χ3n) is 4.52. The topological polar surface area (TPSA) is 82.5 Å². The van der Waals surface area contributed by atoms with E-state index in [0.717, 1.165) is 6.42 Å². The van der Waals surface area contributed by atoms with Gasteiger partial charge in [0.2, 0.25) is 5.91 Å². The van der Waals surface area contributed by atoms with E-state index in [2.05, 4.69) is 10.3 Å². The highest BCUT2D eigenvalue weighted by molar-refractivity contribution is 7.99. The molecule has 3 aromatic rings. The van der Waals surface area contributed by atoms with Crippen molar-refractivity contribution in [3.05, 3.63) is 40.0 Å². The van der Waals surface area contributed by atoms with Gasteiger partial charge in [-0.05, 0) is 36.9 Å². The highest BCUT2D eigenvalue weighted by Crippen LogP contribution is 2.29. The summed E-state index contributed by atoms with van der Waals surface area (Å²) in [5.74, 6) is 1.04. The molecule has 2 heterocycles. The molecule has 1 N–H and O–H groups in total. The number of carbonyl (C=O) groups is 1. The Morgan fingerprint density at radius 3 is 2.79 bits per heavy atom. The number of ether oxygens (including phenoxy) is 2. The van der Waals surface area contributed by atoms with Gasteiger partial charge in [0.1, 0.15) is 16.2 Å². The Morgan fingerprint density at radius 2 is 2.10 bits per heavy atom. The summed E-state index contributed by atoms with van der Waals surface area (Å²) in [7, 11) is 3.10. The second-order valence-electron chi connectivity index (χ2n) is 6.36. The first-order valence-electron chi connectivity index (χ1n) is 9.12. The van der Waals surface area contributed by atoms with E-state index in [4.69, 9.17) is 9.47 Å². The third-order valence-corrected chi connectivity index (χ3v) is 6.37. The lowest BCUT2D eigenvalue weighted by Crippen LogP contribution is -2.26. The van der Waals surface area contributed by atoms with Crippen LogP contribution in [0.4, 0.5) is 5.69 Å². The summed E-state index contributed by atoms with van der Waals surface area (Å²) < 4.78 is 12.8. The van der Waals surface area contributed by atoms with E-state index in [1.165, 1.54) is 30.2 Å². The Hall–Kier alpha value is -2.52. The Bertz CT molecular complexity index is 1080. The molecule has 154 valence electrons. The summed E-state index contributed by atoms with van der Waals surface area (Å²) in [6, 6.07) is 7.01. The maximum absolute atomic E-state index is 12.9. The number of rotatable bonds is 8. The summed E-state index contributed by atoms with van der Waals surface area (Å²) in [6.07, 6.45) is 0.791. The molecule has 7 nitrogen and oxygen atoms in total. The molecule has 9 heteroatoms. The Labute approximate surface area is 177 Å². The van der Waals surface area contributed by atoms with E-state index < -0.39 is 0 Å². The summed E-state index contributed by atoms with van der Waals surface area (Å²) in [4.78, 5) is 30.1. The van der Waals surface area contributed by atoms with Crippen LogP contribution in [0, 0.1) is 0 Å². The smallest absolute Gasteiger partial charge is 0.272 e. The number of thiophene rings is 1. The number of methoxy groups -OCH3 is 2. The standard InChI is InChI=1S/C20H23N3O4S2/c1-5-12(2)23-19(25)18-14(8-9-28-18)22-20(23)29-11-17(24)21-15-10-13(26-3)6-7-16(15)27-4/h6-10,12H,5,11H2,1-4H3,(H,21,24). The van der Waals surface area contributed by atoms with Crippen molar-refractivity contribution in [2.75, 3.05) is 25.3 Å². The van der Waals surface area contributed by atoms with Gasteiger partial charge in [-0.3, -0.25) is 14.2 Å². The SMILES string of the molecule is CCC(C)n1c(SCC(=O)Nc2cc(OC)ccc2OC)nc2ccsc2c1=O. The Kier molecular flexibility index (Phi) is 6.81. The molecule has 0 fully saturated rings. The maximum atomic E-state index is 12.9. The zero-order valence-corrected chi connectivity index (χ0v) is 18.4. The summed E-state index contributed by atoms with van der Waals surface area (Å²) in [5, 5.41) is 5.24. The predicted octanol–water partition coefficient (Wildman–Crippen LogP) is 4.18. The largest absolute Gasteiger partial charge is 0.497 e. The van der Waals surface area contributed by atoms with E-state index in [-0.39, 0.29) is 23.3 Å². The van der Waals surface area contributed by atoms with Crippen molar-refractivity contribution in [2.24, 2.45) is 0 Å². The number of nitrogens with one attached hydrogen (secondary N) is 1. The van der Waals surface area contributed by atoms with Crippen LogP contribution in [0.5, 0.6) is 11.5 Å². The fraction of sp³-hybridized carbons (Fsp3) is 0.350. The second kappa shape index (κ2) is 9.32. The molecule has 1 unspecified atom stereocenters. The van der Waals surface area contributed by atoms with Gasteiger partial charge >= 0.3 is 0 Å². The van der Waals surface area contributed by atoms with Gasteiger partial charge in [0.25, 0.3) is 5.56 Å². The van der Waals surface area contributed by atoms with Gasteiger partial charge in [-0.15, -0.1) is 11.3 Å². The molecule has 2 aromatic heterocycles. The molecule has 0 radical (unpaired) electrons. The van der Waals surface area contributed by atoms with Gasteiger partial charge in [0.05, 0.1) is 31.2 Å². The minimum atomic E-state index is -0.225. The number of thioether (sulfide) groups is 1. The number of hydrogen-bond donors (Lipinski definition) is 1. The zero-order chi connectivity index (χ0) is 21.0. The van der Waals surface area contributed by atoms with Crippen molar-refractivity contribution in [2.45, 2.75) is 31.5 Å². The van der Waals surface area contributed by atoms with Gasteiger partial charge in [-0.2, -0.15) is 0 Å². The monoisotopic (exact) mass is 433 g/mol. The number of anilines is 1. The quantitative estimate of drug-likeness (QED) is 0.424. The highest BCUT2D eigenvalue weighted by atomic mass is 32.2. The summed E-state index contributed by atoms with van der Waals surface area (Å²) >= 11 is 2.63. The number of benzene rings is 1. The molecule has 0 bridgehead atoms. The lowest BCUT2D eigenvalue weighted by atomic mass is 10.2. The highest BCUT2D eigenvalue weighted by Gasteiger charge is 2.18. The molecule has 0 aliphatic rings. The van der Waals surface area contributed by atoms with Crippen LogP contribution in [0.3, 0.4) is 0 Å². The first-order chi connectivity index (χ1) is 14.0. The van der Waals surface area contributed by atoms with Crippen LogP contribution in [0.25, 0.3) is 10.2 Å². The van der Waals surface area contributed by atoms with E-state index in [9.17, 15) is 9.59 Å². The van der Waals surface area contributed by atoms with Crippen LogP contribution >= 0.6 is 23.1 Å². The van der Waals surface area contributed by atoms with Gasteiger partial charge in [0.15, 0.2) is 5.16 Å². The Balaban J connectivity index is 1.82. The molecule has 1 amide bonds. The van der Waals surface area contributed by atoms with E-state index >= 15 is 0 Å². The average Bonchev–Trinajstić information content (AvgIpc) is 3.20. The average molecular weight is 434 g/mol. The minimum absolute atomic E-state index is 0.00876. The molecule has 29 heavy (non-hydrogen) atoms. The van der Waals surface area contributed by atoms with Gasteiger partial charge in [0, 0.05) is 12.1 Å². The first-order valence-corrected chi connectivity index (χ1v) is 11.0. The molecule has 1 atom stereocenters. The molecular formula is C20H23N3O4S2. The fourth-order valence-electron chi connectivity index (χ4n) is 2.80. The molecule has 0 spiro atoms. The van der Waals surface area contributed by atoms with Crippen molar-refractivity contribution >= 4 is 44.9 Å². The molecule has 0 saturated heterocycles. The molecule has 3 rings (SSSR count). The van der Waals surface area contributed by atoms with Crippen molar-refractivity contribution in [3.63, 3.8) is 0 Å². The van der Waals surface area contributed by atoms with Crippen LogP contribution in [-0.4, -0.2) is 35.4 Å². The third kappa shape index (κ3) is 4.56. The lowest BCUT2D eigenvalue weighted by Gasteiger charge is -2.17. The molecule has 0 aliphatic heterocycles. The van der Waals surface area contributed by atoms with Crippen molar-refractivity contribution in [1.29, 1.82) is 0 Å². The number of nitrogens with zero attached hydrogens (tertiary/aromatic N) is 2. The Morgan fingerprint density at radius 1 is 1.31 bits per heavy atom. The van der Waals surface area contributed by atoms with Gasteiger partial charge < -0.3 is 14.8 Å². The van der Waals surface area contributed by atoms with Gasteiger partial charge in [-0.25, -0.2) is 4.98 Å². The van der Waals surface area contributed by atoms with Crippen LogP contribution in [0.2, 0.25) is 0 Å². The number of amides is 1. The maximum Gasteiger partial charge on any atom is 0.272 e. The van der Waals surface area contributed by atoms with Gasteiger partial charge in [-0.1, -0.05) is 18.7 Å². The molecular weight excluding hydrogens is 410 g/mol. The van der Waals surface area contributed by atoms with Crippen LogP contribution in [0.1, 0.15) is 26.3 Å². The predicted molar refractivity (Wildman–Crippen MR) is 118 cm³/mol. The summed E-state index contributed by atoms with van der Waals surface area (Å²) in [5.41, 5.74) is 1.13. The van der Waals surface area contributed by atoms with Crippen LogP contribution in [0.15, 0.2) is 39.6 Å². The number of aromatic nitrogens is 2. The van der Waals surface area contributed by atoms with E-state index in [1.807, 2.05) is 25.3 Å². The summed E-state index contributed by atoms with van der Waals surface area (Å²) in [6.45, 7) is 4.00. The van der Waals surface area contributed by atoms with Crippen molar-refractivity contribution in [1.82, 2.24) is 9.55 Å². The lowest BCUT2D eigenvalue weighted by molar-refractivity contribution is -0.113. The van der Waals surface area contributed by atoms with Crippen molar-refractivity contribution in [3.8, 4) is 11.5 Å². The molecule has 0 saturated carbocycles. The fourth-order valence-corrected chi connectivity index (χ4v) is 4.47. The minimum Gasteiger partial charge on any atom is -0.497 e. The molecule has 0 aliphatic carbocycles. The van der Waals surface area contributed by atoms with E-state index in [1.54, 1.807) is 29.9 Å². The van der Waals surface area contributed by atoms with Crippen LogP contribution < -0.4 is 20.3 Å².